The third kappa shape index (κ3) is 1.85. The lowest BCUT2D eigenvalue weighted by Gasteiger charge is -2.03. The summed E-state index contributed by atoms with van der Waals surface area (Å²) in [5.74, 6) is 1.15. The number of aromatic nitrogens is 4. The minimum absolute atomic E-state index is 0.384. The molecule has 2 aromatic heterocycles. The van der Waals surface area contributed by atoms with Crippen molar-refractivity contribution >= 4 is 11.6 Å². The smallest absolute Gasteiger partial charge is 0.156 e. The molecule has 0 unspecified atom stereocenters. The van der Waals surface area contributed by atoms with Gasteiger partial charge in [0, 0.05) is 5.69 Å². The molecule has 0 saturated carbocycles. The number of rotatable bonds is 2. The van der Waals surface area contributed by atoms with Crippen LogP contribution < -0.4 is 0 Å². The standard InChI is InChI=1S/C10H11ClN4/c1-7-8(2)15(6-14-7)10-5-12-9(3-11)4-13-10/h4-6H,3H2,1-2H3. The lowest BCUT2D eigenvalue weighted by Crippen LogP contribution is -2.00. The number of halogens is 1. The maximum Gasteiger partial charge on any atom is 0.156 e. The van der Waals surface area contributed by atoms with Crippen molar-refractivity contribution in [1.82, 2.24) is 19.5 Å². The Balaban J connectivity index is 2.41. The predicted octanol–water partition coefficient (Wildman–Crippen LogP) is 2.02. The average Bonchev–Trinajstić information content (AvgIpc) is 2.60. The van der Waals surface area contributed by atoms with Gasteiger partial charge in [-0.2, -0.15) is 0 Å². The lowest BCUT2D eigenvalue weighted by molar-refractivity contribution is 0.921. The lowest BCUT2D eigenvalue weighted by atomic mass is 10.4. The molecule has 0 spiro atoms. The monoisotopic (exact) mass is 222 g/mol. The quantitative estimate of drug-likeness (QED) is 0.731. The summed E-state index contributed by atoms with van der Waals surface area (Å²) < 4.78 is 1.90. The predicted molar refractivity (Wildman–Crippen MR) is 58.2 cm³/mol. The van der Waals surface area contributed by atoms with Gasteiger partial charge < -0.3 is 0 Å². The second kappa shape index (κ2) is 3.98. The van der Waals surface area contributed by atoms with Crippen LogP contribution in [0.2, 0.25) is 0 Å². The number of alkyl halides is 1. The molecule has 5 heteroatoms. The van der Waals surface area contributed by atoms with Crippen molar-refractivity contribution < 1.29 is 0 Å². The summed E-state index contributed by atoms with van der Waals surface area (Å²) in [5.41, 5.74) is 2.84. The maximum atomic E-state index is 5.64. The van der Waals surface area contributed by atoms with Gasteiger partial charge in [-0.1, -0.05) is 0 Å². The van der Waals surface area contributed by atoms with E-state index in [-0.39, 0.29) is 0 Å². The normalized spacial score (nSPS) is 10.6. The highest BCUT2D eigenvalue weighted by Gasteiger charge is 2.05. The van der Waals surface area contributed by atoms with Gasteiger partial charge in [-0.25, -0.2) is 9.97 Å². The van der Waals surface area contributed by atoms with Crippen molar-refractivity contribution in [1.29, 1.82) is 0 Å². The van der Waals surface area contributed by atoms with Crippen LogP contribution in [-0.4, -0.2) is 19.5 Å². The Bertz CT molecular complexity index is 461. The number of aryl methyl sites for hydroxylation is 1. The van der Waals surface area contributed by atoms with E-state index in [2.05, 4.69) is 15.0 Å². The zero-order chi connectivity index (χ0) is 10.8. The number of hydrogen-bond acceptors (Lipinski definition) is 3. The molecule has 78 valence electrons. The molecule has 0 aliphatic carbocycles. The van der Waals surface area contributed by atoms with E-state index in [1.165, 1.54) is 0 Å². The summed E-state index contributed by atoms with van der Waals surface area (Å²) in [6, 6.07) is 0. The summed E-state index contributed by atoms with van der Waals surface area (Å²) >= 11 is 5.64. The Kier molecular flexibility index (Phi) is 2.68. The zero-order valence-corrected chi connectivity index (χ0v) is 9.36. The molecule has 0 fully saturated rings. The van der Waals surface area contributed by atoms with E-state index in [4.69, 9.17) is 11.6 Å². The van der Waals surface area contributed by atoms with Crippen molar-refractivity contribution in [3.63, 3.8) is 0 Å². The first-order valence-corrected chi connectivity index (χ1v) is 5.13. The molecular formula is C10H11ClN4. The molecule has 0 N–H and O–H groups in total. The molecule has 0 radical (unpaired) electrons. The van der Waals surface area contributed by atoms with Gasteiger partial charge in [0.1, 0.15) is 6.33 Å². The molecule has 4 nitrogen and oxygen atoms in total. The van der Waals surface area contributed by atoms with Gasteiger partial charge in [0.15, 0.2) is 5.82 Å². The van der Waals surface area contributed by atoms with Crippen molar-refractivity contribution in [2.45, 2.75) is 19.7 Å². The van der Waals surface area contributed by atoms with E-state index in [1.54, 1.807) is 18.7 Å². The highest BCUT2D eigenvalue weighted by molar-refractivity contribution is 6.16. The largest absolute Gasteiger partial charge is 0.286 e. The van der Waals surface area contributed by atoms with Gasteiger partial charge in [0.2, 0.25) is 0 Å². The second-order valence-electron chi connectivity index (χ2n) is 3.28. The molecule has 0 aliphatic rings. The molecule has 0 aromatic carbocycles. The highest BCUT2D eigenvalue weighted by atomic mass is 35.5. The fourth-order valence-electron chi connectivity index (χ4n) is 1.27. The van der Waals surface area contributed by atoms with Crippen LogP contribution in [0.1, 0.15) is 17.1 Å². The Hall–Kier alpha value is -1.42. The van der Waals surface area contributed by atoms with Gasteiger partial charge in [0.25, 0.3) is 0 Å². The number of imidazole rings is 1. The van der Waals surface area contributed by atoms with Gasteiger partial charge in [-0.15, -0.1) is 11.6 Å². The zero-order valence-electron chi connectivity index (χ0n) is 8.61. The van der Waals surface area contributed by atoms with Crippen LogP contribution in [0, 0.1) is 13.8 Å². The van der Waals surface area contributed by atoms with Crippen LogP contribution >= 0.6 is 11.6 Å². The highest BCUT2D eigenvalue weighted by Crippen LogP contribution is 2.10. The average molecular weight is 223 g/mol. The summed E-state index contributed by atoms with van der Waals surface area (Å²) in [6.07, 6.45) is 5.12. The van der Waals surface area contributed by atoms with Crippen LogP contribution in [0.3, 0.4) is 0 Å². The first kappa shape index (κ1) is 10.1. The molecule has 0 amide bonds. The van der Waals surface area contributed by atoms with Gasteiger partial charge in [-0.05, 0) is 13.8 Å². The number of nitrogens with zero attached hydrogens (tertiary/aromatic N) is 4. The van der Waals surface area contributed by atoms with E-state index >= 15 is 0 Å². The molecule has 0 saturated heterocycles. The summed E-state index contributed by atoms with van der Waals surface area (Å²) in [7, 11) is 0. The van der Waals surface area contributed by atoms with Crippen molar-refractivity contribution in [3.8, 4) is 5.82 Å². The summed E-state index contributed by atoms with van der Waals surface area (Å²) in [6.45, 7) is 3.96. The van der Waals surface area contributed by atoms with Crippen molar-refractivity contribution in [2.24, 2.45) is 0 Å². The molecular weight excluding hydrogens is 212 g/mol. The Morgan fingerprint density at radius 2 is 2.00 bits per heavy atom. The van der Waals surface area contributed by atoms with E-state index in [0.717, 1.165) is 22.9 Å². The fourth-order valence-corrected chi connectivity index (χ4v) is 1.41. The van der Waals surface area contributed by atoms with E-state index in [1.807, 2.05) is 18.4 Å². The molecule has 0 aliphatic heterocycles. The molecule has 0 atom stereocenters. The Labute approximate surface area is 93.0 Å². The first-order chi connectivity index (χ1) is 7.22. The summed E-state index contributed by atoms with van der Waals surface area (Å²) in [4.78, 5) is 12.7. The summed E-state index contributed by atoms with van der Waals surface area (Å²) in [5, 5.41) is 0. The van der Waals surface area contributed by atoms with E-state index < -0.39 is 0 Å². The van der Waals surface area contributed by atoms with Gasteiger partial charge >= 0.3 is 0 Å². The van der Waals surface area contributed by atoms with Crippen molar-refractivity contribution in [2.75, 3.05) is 0 Å². The third-order valence-electron chi connectivity index (χ3n) is 2.33. The topological polar surface area (TPSA) is 43.6 Å². The second-order valence-corrected chi connectivity index (χ2v) is 3.55. The Morgan fingerprint density at radius 1 is 1.20 bits per heavy atom. The fraction of sp³-hybridized carbons (Fsp3) is 0.300. The number of hydrogen-bond donors (Lipinski definition) is 0. The minimum atomic E-state index is 0.384. The maximum absolute atomic E-state index is 5.64. The SMILES string of the molecule is Cc1ncn(-c2cnc(CCl)cn2)c1C. The van der Waals surface area contributed by atoms with Gasteiger partial charge in [0.05, 0.1) is 29.7 Å². The molecule has 0 bridgehead atoms. The molecule has 15 heavy (non-hydrogen) atoms. The van der Waals surface area contributed by atoms with Crippen LogP contribution in [0.4, 0.5) is 0 Å². The molecule has 2 aromatic rings. The van der Waals surface area contributed by atoms with E-state index in [9.17, 15) is 0 Å². The van der Waals surface area contributed by atoms with Crippen LogP contribution in [0.25, 0.3) is 5.82 Å². The van der Waals surface area contributed by atoms with E-state index in [0.29, 0.717) is 5.88 Å². The minimum Gasteiger partial charge on any atom is -0.286 e. The van der Waals surface area contributed by atoms with Crippen LogP contribution in [-0.2, 0) is 5.88 Å². The first-order valence-electron chi connectivity index (χ1n) is 4.60. The molecule has 2 rings (SSSR count). The molecule has 2 heterocycles. The van der Waals surface area contributed by atoms with Gasteiger partial charge in [-0.3, -0.25) is 9.55 Å². The third-order valence-corrected chi connectivity index (χ3v) is 2.60. The van der Waals surface area contributed by atoms with Crippen LogP contribution in [0.15, 0.2) is 18.7 Å². The van der Waals surface area contributed by atoms with Crippen LogP contribution in [0.5, 0.6) is 0 Å². The van der Waals surface area contributed by atoms with Crippen molar-refractivity contribution in [3.05, 3.63) is 35.8 Å². The Morgan fingerprint density at radius 3 is 2.47 bits per heavy atom.